The van der Waals surface area contributed by atoms with E-state index in [0.29, 0.717) is 18.7 Å². The molecule has 0 aromatic carbocycles. The maximum atomic E-state index is 11.3. The third-order valence-electron chi connectivity index (χ3n) is 1.72. The van der Waals surface area contributed by atoms with Crippen molar-refractivity contribution < 1.29 is 9.59 Å². The van der Waals surface area contributed by atoms with Gasteiger partial charge < -0.3 is 4.90 Å². The van der Waals surface area contributed by atoms with Gasteiger partial charge >= 0.3 is 6.03 Å². The zero-order chi connectivity index (χ0) is 11.1. The van der Waals surface area contributed by atoms with Crippen molar-refractivity contribution >= 4 is 11.9 Å². The molecule has 0 aromatic rings. The Morgan fingerprint density at radius 3 is 2.07 bits per heavy atom. The van der Waals surface area contributed by atoms with E-state index in [1.54, 1.807) is 11.8 Å². The summed E-state index contributed by atoms with van der Waals surface area (Å²) in [5.41, 5.74) is 4.90. The van der Waals surface area contributed by atoms with Gasteiger partial charge in [-0.05, 0) is 20.8 Å². The fourth-order valence-corrected chi connectivity index (χ4v) is 0.807. The van der Waals surface area contributed by atoms with Gasteiger partial charge in [0.1, 0.15) is 0 Å². The highest BCUT2D eigenvalue weighted by atomic mass is 16.2. The number of carbonyl (C=O) groups excluding carboxylic acids is 2. The molecule has 0 bridgehead atoms. The molecular weight excluding hydrogens is 182 g/mol. The van der Waals surface area contributed by atoms with Crippen LogP contribution in [0.5, 0.6) is 0 Å². The molecule has 80 valence electrons. The van der Waals surface area contributed by atoms with Gasteiger partial charge in [-0.25, -0.2) is 10.2 Å². The fourth-order valence-electron chi connectivity index (χ4n) is 0.807. The van der Waals surface area contributed by atoms with E-state index < -0.39 is 0 Å². The maximum Gasteiger partial charge on any atom is 0.336 e. The Morgan fingerprint density at radius 1 is 1.21 bits per heavy atom. The van der Waals surface area contributed by atoms with Gasteiger partial charge in [-0.3, -0.25) is 10.2 Å². The van der Waals surface area contributed by atoms with E-state index in [4.69, 9.17) is 0 Å². The van der Waals surface area contributed by atoms with Gasteiger partial charge in [-0.15, -0.1) is 0 Å². The van der Waals surface area contributed by atoms with Gasteiger partial charge in [-0.1, -0.05) is 6.58 Å². The normalized spacial score (nSPS) is 9.07. The van der Waals surface area contributed by atoms with Crippen molar-refractivity contribution in [3.63, 3.8) is 0 Å². The van der Waals surface area contributed by atoms with Crippen molar-refractivity contribution in [3.8, 4) is 0 Å². The summed E-state index contributed by atoms with van der Waals surface area (Å²) < 4.78 is 0. The first kappa shape index (κ1) is 12.5. The lowest BCUT2D eigenvalue weighted by atomic mass is 10.3. The predicted molar refractivity (Wildman–Crippen MR) is 54.4 cm³/mol. The van der Waals surface area contributed by atoms with Crippen LogP contribution in [0.3, 0.4) is 0 Å². The highest BCUT2D eigenvalue weighted by Crippen LogP contribution is 1.87. The van der Waals surface area contributed by atoms with Crippen molar-refractivity contribution in [1.29, 1.82) is 0 Å². The standard InChI is InChI=1S/C9H17N3O2/c1-5-12(6-2)9(14)11-10-8(13)7(3)4/h3,5-6H2,1-2,4H3,(H,10,13)(H,11,14). The maximum absolute atomic E-state index is 11.3. The lowest BCUT2D eigenvalue weighted by Gasteiger charge is -2.19. The molecule has 14 heavy (non-hydrogen) atoms. The zero-order valence-corrected chi connectivity index (χ0v) is 8.89. The highest BCUT2D eigenvalue weighted by Gasteiger charge is 2.09. The fraction of sp³-hybridized carbons (Fsp3) is 0.556. The van der Waals surface area contributed by atoms with Gasteiger partial charge in [-0.2, -0.15) is 0 Å². The minimum atomic E-state index is -0.384. The first-order chi connectivity index (χ1) is 6.52. The summed E-state index contributed by atoms with van der Waals surface area (Å²) in [5, 5.41) is 0. The van der Waals surface area contributed by atoms with E-state index in [-0.39, 0.29) is 11.9 Å². The van der Waals surface area contributed by atoms with Crippen molar-refractivity contribution in [2.45, 2.75) is 20.8 Å². The molecule has 0 aliphatic carbocycles. The molecule has 0 spiro atoms. The van der Waals surface area contributed by atoms with E-state index in [1.165, 1.54) is 0 Å². The lowest BCUT2D eigenvalue weighted by Crippen LogP contribution is -2.48. The molecule has 0 saturated heterocycles. The Labute approximate surface area is 84.1 Å². The monoisotopic (exact) mass is 199 g/mol. The van der Waals surface area contributed by atoms with Crippen molar-refractivity contribution in [1.82, 2.24) is 15.8 Å². The topological polar surface area (TPSA) is 61.4 Å². The van der Waals surface area contributed by atoms with Crippen LogP contribution in [-0.4, -0.2) is 29.9 Å². The third-order valence-corrected chi connectivity index (χ3v) is 1.72. The number of hydrogen-bond donors (Lipinski definition) is 2. The molecule has 0 saturated carbocycles. The second kappa shape index (κ2) is 6.01. The molecular formula is C9H17N3O2. The summed E-state index contributed by atoms with van der Waals surface area (Å²) in [6.45, 7) is 9.94. The van der Waals surface area contributed by atoms with Crippen molar-refractivity contribution in [2.24, 2.45) is 0 Å². The van der Waals surface area contributed by atoms with Crippen LogP contribution < -0.4 is 10.9 Å². The Bertz CT molecular complexity index is 234. The van der Waals surface area contributed by atoms with Crippen molar-refractivity contribution in [3.05, 3.63) is 12.2 Å². The number of amides is 3. The van der Waals surface area contributed by atoms with Crippen LogP contribution in [0.15, 0.2) is 12.2 Å². The summed E-state index contributed by atoms with van der Waals surface area (Å²) in [6.07, 6.45) is 0. The van der Waals surface area contributed by atoms with Crippen LogP contribution in [-0.2, 0) is 4.79 Å². The van der Waals surface area contributed by atoms with E-state index >= 15 is 0 Å². The minimum Gasteiger partial charge on any atom is -0.324 e. The molecule has 0 rings (SSSR count). The van der Waals surface area contributed by atoms with E-state index in [9.17, 15) is 9.59 Å². The number of hydrazine groups is 1. The average molecular weight is 199 g/mol. The zero-order valence-electron chi connectivity index (χ0n) is 8.89. The molecule has 0 aromatic heterocycles. The van der Waals surface area contributed by atoms with Crippen LogP contribution in [0.25, 0.3) is 0 Å². The minimum absolute atomic E-state index is 0.315. The largest absolute Gasteiger partial charge is 0.336 e. The molecule has 2 N–H and O–H groups in total. The number of rotatable bonds is 3. The number of carbonyl (C=O) groups is 2. The first-order valence-electron chi connectivity index (χ1n) is 4.53. The SMILES string of the molecule is C=C(C)C(=O)NNC(=O)N(CC)CC. The van der Waals surface area contributed by atoms with Crippen LogP contribution in [0, 0.1) is 0 Å². The van der Waals surface area contributed by atoms with E-state index in [1.807, 2.05) is 13.8 Å². The molecule has 0 radical (unpaired) electrons. The molecule has 0 fully saturated rings. The molecule has 0 unspecified atom stereocenters. The van der Waals surface area contributed by atoms with Gasteiger partial charge in [0, 0.05) is 18.7 Å². The second-order valence-electron chi connectivity index (χ2n) is 2.84. The molecule has 0 heterocycles. The van der Waals surface area contributed by atoms with Crippen molar-refractivity contribution in [2.75, 3.05) is 13.1 Å². The smallest absolute Gasteiger partial charge is 0.324 e. The summed E-state index contributed by atoms with van der Waals surface area (Å²) >= 11 is 0. The van der Waals surface area contributed by atoms with Crippen LogP contribution in [0.4, 0.5) is 4.79 Å². The Balaban J connectivity index is 3.95. The molecule has 3 amide bonds. The Hall–Kier alpha value is -1.52. The lowest BCUT2D eigenvalue weighted by molar-refractivity contribution is -0.118. The van der Waals surface area contributed by atoms with Crippen LogP contribution in [0.2, 0.25) is 0 Å². The predicted octanol–water partition coefficient (Wildman–Crippen LogP) is 0.645. The third kappa shape index (κ3) is 3.93. The number of hydrogen-bond acceptors (Lipinski definition) is 2. The molecule has 5 nitrogen and oxygen atoms in total. The number of nitrogens with zero attached hydrogens (tertiary/aromatic N) is 1. The Kier molecular flexibility index (Phi) is 5.36. The molecule has 0 aliphatic heterocycles. The van der Waals surface area contributed by atoms with E-state index in [0.717, 1.165) is 0 Å². The van der Waals surface area contributed by atoms with Gasteiger partial charge in [0.25, 0.3) is 5.91 Å². The van der Waals surface area contributed by atoms with Gasteiger partial charge in [0.2, 0.25) is 0 Å². The van der Waals surface area contributed by atoms with Crippen LogP contribution in [0.1, 0.15) is 20.8 Å². The number of urea groups is 1. The average Bonchev–Trinajstić information content (AvgIpc) is 2.15. The van der Waals surface area contributed by atoms with Gasteiger partial charge in [0.05, 0.1) is 0 Å². The summed E-state index contributed by atoms with van der Waals surface area (Å²) in [4.78, 5) is 23.9. The van der Waals surface area contributed by atoms with E-state index in [2.05, 4.69) is 17.4 Å². The van der Waals surface area contributed by atoms with Gasteiger partial charge in [0.15, 0.2) is 0 Å². The highest BCUT2D eigenvalue weighted by molar-refractivity contribution is 5.93. The second-order valence-corrected chi connectivity index (χ2v) is 2.84. The summed E-state index contributed by atoms with van der Waals surface area (Å²) in [7, 11) is 0. The molecule has 0 aliphatic rings. The summed E-state index contributed by atoms with van der Waals surface area (Å²) in [6, 6.07) is -0.315. The number of nitrogens with one attached hydrogen (secondary N) is 2. The first-order valence-corrected chi connectivity index (χ1v) is 4.53. The molecule has 5 heteroatoms. The molecule has 0 atom stereocenters. The Morgan fingerprint density at radius 2 is 1.71 bits per heavy atom. The quantitative estimate of drug-likeness (QED) is 0.517. The van der Waals surface area contributed by atoms with Crippen LogP contribution >= 0.6 is 0 Å². The summed E-state index contributed by atoms with van der Waals surface area (Å²) in [5.74, 6) is -0.384.